The first-order valence-corrected chi connectivity index (χ1v) is 11.2. The van der Waals surface area contributed by atoms with Gasteiger partial charge < -0.3 is 14.2 Å². The average molecular weight is 469 g/mol. The minimum absolute atomic E-state index is 0.333. The first kappa shape index (κ1) is 21.7. The maximum absolute atomic E-state index is 12.5. The van der Waals surface area contributed by atoms with Gasteiger partial charge in [0.15, 0.2) is 5.58 Å². The minimum Gasteiger partial charge on any atom is -0.457 e. The quantitative estimate of drug-likeness (QED) is 0.268. The number of carbonyl (C=O) groups is 1. The standard InChI is InChI=1S/C28H21ClN2O3/c1-17-14-18(2)27-24(15-17)31-28(34-27)20-8-11-22(29)23(16-20)30-26(32)13-10-21-9-12-25(33-21)19-6-4-3-5-7-19/h3-16H,1-2H3,(H,30,32). The van der Waals surface area contributed by atoms with Crippen molar-refractivity contribution in [2.75, 3.05) is 5.32 Å². The van der Waals surface area contributed by atoms with E-state index in [0.717, 1.165) is 39.1 Å². The molecule has 0 aliphatic carbocycles. The molecule has 2 heterocycles. The van der Waals surface area contributed by atoms with Crippen LogP contribution < -0.4 is 5.32 Å². The number of halogens is 1. The molecule has 1 N–H and O–H groups in total. The number of nitrogens with one attached hydrogen (secondary N) is 1. The molecule has 3 aromatic carbocycles. The van der Waals surface area contributed by atoms with Gasteiger partial charge in [0, 0.05) is 17.2 Å². The lowest BCUT2D eigenvalue weighted by Gasteiger charge is -2.06. The number of amides is 1. The second kappa shape index (κ2) is 9.04. The molecule has 5 aromatic rings. The summed E-state index contributed by atoms with van der Waals surface area (Å²) in [5.41, 5.74) is 5.84. The molecular weight excluding hydrogens is 448 g/mol. The second-order valence-corrected chi connectivity index (χ2v) is 8.44. The first-order chi connectivity index (χ1) is 16.5. The van der Waals surface area contributed by atoms with E-state index in [1.54, 1.807) is 18.2 Å². The average Bonchev–Trinajstić information content (AvgIpc) is 3.47. The van der Waals surface area contributed by atoms with Crippen molar-refractivity contribution in [1.29, 1.82) is 0 Å². The highest BCUT2D eigenvalue weighted by atomic mass is 35.5. The van der Waals surface area contributed by atoms with Crippen LogP contribution in [-0.4, -0.2) is 10.9 Å². The molecule has 0 saturated carbocycles. The molecule has 0 bridgehead atoms. The van der Waals surface area contributed by atoms with Crippen molar-refractivity contribution in [3.8, 4) is 22.8 Å². The summed E-state index contributed by atoms with van der Waals surface area (Å²) in [6, 6.07) is 22.8. The van der Waals surface area contributed by atoms with Crippen molar-refractivity contribution in [1.82, 2.24) is 4.98 Å². The van der Waals surface area contributed by atoms with Gasteiger partial charge in [-0.15, -0.1) is 0 Å². The van der Waals surface area contributed by atoms with Gasteiger partial charge in [-0.3, -0.25) is 4.79 Å². The molecule has 0 atom stereocenters. The van der Waals surface area contributed by atoms with Crippen molar-refractivity contribution in [3.63, 3.8) is 0 Å². The van der Waals surface area contributed by atoms with E-state index in [-0.39, 0.29) is 5.91 Å². The van der Waals surface area contributed by atoms with E-state index in [4.69, 9.17) is 20.4 Å². The van der Waals surface area contributed by atoms with Crippen LogP contribution in [0.1, 0.15) is 16.9 Å². The topological polar surface area (TPSA) is 68.3 Å². The monoisotopic (exact) mass is 468 g/mol. The molecule has 5 nitrogen and oxygen atoms in total. The molecule has 0 aliphatic heterocycles. The molecule has 168 valence electrons. The molecule has 0 fully saturated rings. The summed E-state index contributed by atoms with van der Waals surface area (Å²) in [6.45, 7) is 4.02. The lowest BCUT2D eigenvalue weighted by molar-refractivity contribution is -0.111. The van der Waals surface area contributed by atoms with E-state index in [2.05, 4.69) is 16.4 Å². The van der Waals surface area contributed by atoms with Crippen LogP contribution in [0.4, 0.5) is 5.69 Å². The van der Waals surface area contributed by atoms with Crippen LogP contribution in [0.5, 0.6) is 0 Å². The number of aryl methyl sites for hydroxylation is 2. The van der Waals surface area contributed by atoms with E-state index < -0.39 is 0 Å². The molecule has 1 amide bonds. The smallest absolute Gasteiger partial charge is 0.248 e. The molecule has 34 heavy (non-hydrogen) atoms. The molecule has 0 saturated heterocycles. The van der Waals surface area contributed by atoms with Gasteiger partial charge >= 0.3 is 0 Å². The van der Waals surface area contributed by atoms with Crippen LogP contribution in [0.3, 0.4) is 0 Å². The van der Waals surface area contributed by atoms with Crippen LogP contribution in [0, 0.1) is 13.8 Å². The highest BCUT2D eigenvalue weighted by Gasteiger charge is 2.13. The zero-order chi connectivity index (χ0) is 23.7. The Morgan fingerprint density at radius 2 is 1.76 bits per heavy atom. The van der Waals surface area contributed by atoms with E-state index in [1.807, 2.05) is 68.4 Å². The summed E-state index contributed by atoms with van der Waals surface area (Å²) in [5, 5.41) is 3.23. The van der Waals surface area contributed by atoms with Crippen LogP contribution >= 0.6 is 11.6 Å². The van der Waals surface area contributed by atoms with Gasteiger partial charge in [-0.05, 0) is 67.4 Å². The summed E-state index contributed by atoms with van der Waals surface area (Å²) in [7, 11) is 0. The second-order valence-electron chi connectivity index (χ2n) is 8.03. The Labute approximate surface area is 201 Å². The number of rotatable bonds is 5. The van der Waals surface area contributed by atoms with Gasteiger partial charge in [0.2, 0.25) is 11.8 Å². The number of furan rings is 1. The third kappa shape index (κ3) is 4.51. The minimum atomic E-state index is -0.333. The molecule has 2 aromatic heterocycles. The SMILES string of the molecule is Cc1cc(C)c2oc(-c3ccc(Cl)c(NC(=O)C=Cc4ccc(-c5ccccc5)o4)c3)nc2c1. The Morgan fingerprint density at radius 3 is 2.59 bits per heavy atom. The fourth-order valence-corrected chi connectivity index (χ4v) is 3.95. The molecule has 0 aliphatic rings. The lowest BCUT2D eigenvalue weighted by Crippen LogP contribution is -2.08. The molecule has 0 radical (unpaired) electrons. The summed E-state index contributed by atoms with van der Waals surface area (Å²) in [6.07, 6.45) is 3.02. The van der Waals surface area contributed by atoms with Gasteiger partial charge in [0.05, 0.1) is 10.7 Å². The van der Waals surface area contributed by atoms with Gasteiger partial charge in [-0.2, -0.15) is 0 Å². The lowest BCUT2D eigenvalue weighted by atomic mass is 10.1. The first-order valence-electron chi connectivity index (χ1n) is 10.8. The maximum Gasteiger partial charge on any atom is 0.248 e. The fourth-order valence-electron chi connectivity index (χ4n) is 3.79. The maximum atomic E-state index is 12.5. The van der Waals surface area contributed by atoms with Crippen LogP contribution in [0.25, 0.3) is 40.0 Å². The number of oxazole rings is 1. The van der Waals surface area contributed by atoms with Crippen LogP contribution in [0.2, 0.25) is 5.02 Å². The van der Waals surface area contributed by atoms with Gasteiger partial charge in [0.1, 0.15) is 17.0 Å². The fraction of sp³-hybridized carbons (Fsp3) is 0.0714. The van der Waals surface area contributed by atoms with Crippen molar-refractivity contribution in [2.45, 2.75) is 13.8 Å². The number of nitrogens with zero attached hydrogens (tertiary/aromatic N) is 1. The summed E-state index contributed by atoms with van der Waals surface area (Å²) in [5.74, 6) is 1.45. The Hall–Kier alpha value is -4.09. The molecule has 6 heteroatoms. The number of carbonyl (C=O) groups excluding carboxylic acids is 1. The van der Waals surface area contributed by atoms with Crippen LogP contribution in [-0.2, 0) is 4.79 Å². The largest absolute Gasteiger partial charge is 0.457 e. The van der Waals surface area contributed by atoms with Crippen LogP contribution in [0.15, 0.2) is 87.7 Å². The molecule has 5 rings (SSSR count). The number of aromatic nitrogens is 1. The summed E-state index contributed by atoms with van der Waals surface area (Å²) in [4.78, 5) is 17.2. The summed E-state index contributed by atoms with van der Waals surface area (Å²) >= 11 is 6.33. The Morgan fingerprint density at radius 1 is 0.941 bits per heavy atom. The highest BCUT2D eigenvalue weighted by Crippen LogP contribution is 2.32. The normalized spacial score (nSPS) is 11.4. The van der Waals surface area contributed by atoms with E-state index in [0.29, 0.717) is 22.4 Å². The Kier molecular flexibility index (Phi) is 5.78. The van der Waals surface area contributed by atoms with Crippen molar-refractivity contribution in [3.05, 3.63) is 101 Å². The number of anilines is 1. The molecule has 0 spiro atoms. The van der Waals surface area contributed by atoms with Crippen molar-refractivity contribution < 1.29 is 13.6 Å². The molecule has 0 unspecified atom stereocenters. The number of benzene rings is 3. The van der Waals surface area contributed by atoms with E-state index in [1.165, 1.54) is 6.08 Å². The zero-order valence-electron chi connectivity index (χ0n) is 18.6. The Bertz CT molecular complexity index is 1530. The zero-order valence-corrected chi connectivity index (χ0v) is 19.4. The van der Waals surface area contributed by atoms with Gasteiger partial charge in [-0.25, -0.2) is 4.98 Å². The van der Waals surface area contributed by atoms with E-state index >= 15 is 0 Å². The highest BCUT2D eigenvalue weighted by molar-refractivity contribution is 6.34. The Balaban J connectivity index is 1.34. The number of hydrogen-bond acceptors (Lipinski definition) is 4. The predicted molar refractivity (Wildman–Crippen MR) is 136 cm³/mol. The van der Waals surface area contributed by atoms with E-state index in [9.17, 15) is 4.79 Å². The van der Waals surface area contributed by atoms with Gasteiger partial charge in [-0.1, -0.05) is 48.0 Å². The third-order valence-electron chi connectivity index (χ3n) is 5.38. The van der Waals surface area contributed by atoms with Crippen molar-refractivity contribution >= 4 is 40.4 Å². The number of fused-ring (bicyclic) bond motifs is 1. The van der Waals surface area contributed by atoms with Gasteiger partial charge in [0.25, 0.3) is 0 Å². The molecular formula is C28H21ClN2O3. The summed E-state index contributed by atoms with van der Waals surface area (Å²) < 4.78 is 11.8. The van der Waals surface area contributed by atoms with Crippen molar-refractivity contribution in [2.24, 2.45) is 0 Å². The third-order valence-corrected chi connectivity index (χ3v) is 5.70. The predicted octanol–water partition coefficient (Wildman–Crippen LogP) is 7.68. The number of hydrogen-bond donors (Lipinski definition) is 1.